The number of aromatic nitrogens is 2. The Morgan fingerprint density at radius 3 is 2.14 bits per heavy atom. The van der Waals surface area contributed by atoms with E-state index in [1.54, 1.807) is 0 Å². The maximum Gasteiger partial charge on any atom is 0.0641 e. The van der Waals surface area contributed by atoms with Crippen LogP contribution in [-0.2, 0) is 6.42 Å². The summed E-state index contributed by atoms with van der Waals surface area (Å²) in [6, 6.07) is 42.3. The van der Waals surface area contributed by atoms with Crippen molar-refractivity contribution in [3.05, 3.63) is 150 Å². The van der Waals surface area contributed by atoms with Gasteiger partial charge in [0.2, 0.25) is 0 Å². The van der Waals surface area contributed by atoms with Gasteiger partial charge in [-0.2, -0.15) is 0 Å². The zero-order chi connectivity index (χ0) is 27.6. The lowest BCUT2D eigenvalue weighted by atomic mass is 9.92. The van der Waals surface area contributed by atoms with E-state index in [-0.39, 0.29) is 0 Å². The molecular formula is C40H30N2. The van der Waals surface area contributed by atoms with Crippen LogP contribution < -0.4 is 0 Å². The van der Waals surface area contributed by atoms with Gasteiger partial charge < -0.3 is 9.13 Å². The first-order chi connectivity index (χ1) is 20.8. The fraction of sp³-hybridized carbons (Fsp3) is 0.100. The van der Waals surface area contributed by atoms with E-state index in [1.807, 2.05) is 0 Å². The highest BCUT2D eigenvalue weighted by molar-refractivity contribution is 6.27. The van der Waals surface area contributed by atoms with Gasteiger partial charge in [0.25, 0.3) is 0 Å². The number of rotatable bonds is 3. The van der Waals surface area contributed by atoms with Crippen LogP contribution in [0.25, 0.3) is 61.1 Å². The van der Waals surface area contributed by atoms with Crippen molar-refractivity contribution >= 4 is 61.1 Å². The molecule has 42 heavy (non-hydrogen) atoms. The van der Waals surface area contributed by atoms with E-state index in [9.17, 15) is 0 Å². The number of nitrogens with zero attached hydrogens (tertiary/aromatic N) is 2. The number of benzene rings is 5. The van der Waals surface area contributed by atoms with Crippen LogP contribution in [0.2, 0.25) is 0 Å². The molecule has 0 spiro atoms. The molecule has 200 valence electrons. The quantitative estimate of drug-likeness (QED) is 0.212. The van der Waals surface area contributed by atoms with Crippen molar-refractivity contribution in [1.82, 2.24) is 9.13 Å². The van der Waals surface area contributed by atoms with Crippen LogP contribution in [0.3, 0.4) is 0 Å². The second kappa shape index (κ2) is 9.22. The number of fused-ring (bicyclic) bond motifs is 8. The number of para-hydroxylation sites is 2. The van der Waals surface area contributed by atoms with Crippen LogP contribution in [0.15, 0.2) is 133 Å². The second-order valence-corrected chi connectivity index (χ2v) is 11.6. The fourth-order valence-electron chi connectivity index (χ4n) is 7.40. The molecule has 0 amide bonds. The average Bonchev–Trinajstić information content (AvgIpc) is 3.58. The molecule has 2 aliphatic rings. The largest absolute Gasteiger partial charge is 0.313 e. The van der Waals surface area contributed by atoms with Crippen molar-refractivity contribution < 1.29 is 0 Å². The minimum absolute atomic E-state index is 0.408. The Morgan fingerprint density at radius 1 is 0.571 bits per heavy atom. The third kappa shape index (κ3) is 3.45. The van der Waals surface area contributed by atoms with Crippen LogP contribution in [0.4, 0.5) is 0 Å². The number of allylic oxidation sites excluding steroid dienone is 5. The highest BCUT2D eigenvalue weighted by atomic mass is 15.0. The fourth-order valence-corrected chi connectivity index (χ4v) is 7.40. The minimum atomic E-state index is 0.408. The first-order valence-electron chi connectivity index (χ1n) is 15.0. The van der Waals surface area contributed by atoms with Gasteiger partial charge in [0.05, 0.1) is 22.1 Å². The zero-order valence-electron chi connectivity index (χ0n) is 23.4. The van der Waals surface area contributed by atoms with E-state index >= 15 is 0 Å². The summed E-state index contributed by atoms with van der Waals surface area (Å²) in [5.74, 6) is 0.408. The third-order valence-electron chi connectivity index (χ3n) is 9.35. The predicted octanol–water partition coefficient (Wildman–Crippen LogP) is 10.4. The molecule has 0 saturated heterocycles. The van der Waals surface area contributed by atoms with Crippen molar-refractivity contribution in [3.8, 4) is 0 Å². The highest BCUT2D eigenvalue weighted by Gasteiger charge is 2.23. The standard InChI is InChI=1S/C40H30N2/c1-2-10-27(11-3-1)29-18-21-31(22-19-29)42-36-16-8-6-14-33(36)34-24-25-38-39(40(34)42)35-15-7-9-17-37(35)41(38)32-23-20-28-12-4-5-13-30(28)26-32/h1-18,21-22,24-26,29H,19-20,23H2. The molecule has 0 fully saturated rings. The maximum atomic E-state index is 2.53. The Labute approximate surface area is 245 Å². The minimum Gasteiger partial charge on any atom is -0.313 e. The van der Waals surface area contributed by atoms with Gasteiger partial charge in [-0.15, -0.1) is 0 Å². The SMILES string of the molecule is C1=CC(c2ccccc2)CC=C1n1c2ccccc2c2ccc3c(c4ccccc4n3C3=Cc4ccccc4CC3)c21. The molecule has 1 unspecified atom stereocenters. The van der Waals surface area contributed by atoms with Crippen LogP contribution in [-0.4, -0.2) is 9.13 Å². The monoisotopic (exact) mass is 538 g/mol. The maximum absolute atomic E-state index is 2.53. The topological polar surface area (TPSA) is 9.86 Å². The van der Waals surface area contributed by atoms with E-state index in [0.717, 1.165) is 19.3 Å². The van der Waals surface area contributed by atoms with Crippen LogP contribution in [0.1, 0.15) is 35.4 Å². The summed E-state index contributed by atoms with van der Waals surface area (Å²) < 4.78 is 5.05. The molecule has 2 heteroatoms. The molecular weight excluding hydrogens is 508 g/mol. The first kappa shape index (κ1) is 23.6. The smallest absolute Gasteiger partial charge is 0.0641 e. The Kier molecular flexibility index (Phi) is 5.18. The summed E-state index contributed by atoms with van der Waals surface area (Å²) in [7, 11) is 0. The van der Waals surface area contributed by atoms with Gasteiger partial charge in [0, 0.05) is 38.9 Å². The highest BCUT2D eigenvalue weighted by Crippen LogP contribution is 2.44. The molecule has 0 saturated carbocycles. The van der Waals surface area contributed by atoms with Crippen LogP contribution >= 0.6 is 0 Å². The summed E-state index contributed by atoms with van der Waals surface area (Å²) in [6.45, 7) is 0. The third-order valence-corrected chi connectivity index (χ3v) is 9.35. The van der Waals surface area contributed by atoms with Crippen molar-refractivity contribution in [3.63, 3.8) is 0 Å². The van der Waals surface area contributed by atoms with Crippen molar-refractivity contribution in [2.45, 2.75) is 25.2 Å². The summed E-state index contributed by atoms with van der Waals surface area (Å²) in [5.41, 5.74) is 11.9. The second-order valence-electron chi connectivity index (χ2n) is 11.6. The van der Waals surface area contributed by atoms with Gasteiger partial charge in [-0.25, -0.2) is 0 Å². The molecule has 1 atom stereocenters. The Morgan fingerprint density at radius 2 is 1.31 bits per heavy atom. The lowest BCUT2D eigenvalue weighted by molar-refractivity contribution is 0.850. The molecule has 0 bridgehead atoms. The Hall–Kier alpha value is -5.08. The lowest BCUT2D eigenvalue weighted by Gasteiger charge is -2.20. The Bertz CT molecular complexity index is 2270. The van der Waals surface area contributed by atoms with Crippen molar-refractivity contribution in [2.24, 2.45) is 0 Å². The molecule has 0 radical (unpaired) electrons. The summed E-state index contributed by atoms with van der Waals surface area (Å²) >= 11 is 0. The van der Waals surface area contributed by atoms with E-state index in [0.29, 0.717) is 5.92 Å². The van der Waals surface area contributed by atoms with E-state index in [2.05, 4.69) is 149 Å². The number of aryl methyl sites for hydroxylation is 1. The van der Waals surface area contributed by atoms with Gasteiger partial charge in [0.15, 0.2) is 0 Å². The molecule has 0 aliphatic heterocycles. The zero-order valence-corrected chi connectivity index (χ0v) is 23.4. The predicted molar refractivity (Wildman–Crippen MR) is 179 cm³/mol. The molecule has 7 aromatic rings. The summed E-state index contributed by atoms with van der Waals surface area (Å²) in [6.07, 6.45) is 12.7. The van der Waals surface area contributed by atoms with E-state index in [1.165, 1.54) is 71.7 Å². The molecule has 2 heterocycles. The van der Waals surface area contributed by atoms with Gasteiger partial charge in [-0.3, -0.25) is 0 Å². The first-order valence-corrected chi connectivity index (χ1v) is 15.0. The summed E-state index contributed by atoms with van der Waals surface area (Å²) in [5, 5.41) is 5.25. The Balaban J connectivity index is 1.32. The average molecular weight is 539 g/mol. The van der Waals surface area contributed by atoms with Gasteiger partial charge in [0.1, 0.15) is 0 Å². The molecule has 2 aromatic heterocycles. The van der Waals surface area contributed by atoms with E-state index < -0.39 is 0 Å². The summed E-state index contributed by atoms with van der Waals surface area (Å²) in [4.78, 5) is 0. The van der Waals surface area contributed by atoms with Gasteiger partial charge in [-0.05, 0) is 66.3 Å². The molecule has 2 aliphatic carbocycles. The normalized spacial score (nSPS) is 16.7. The lowest BCUT2D eigenvalue weighted by Crippen LogP contribution is -2.04. The van der Waals surface area contributed by atoms with Crippen molar-refractivity contribution in [1.29, 1.82) is 0 Å². The molecule has 0 N–H and O–H groups in total. The van der Waals surface area contributed by atoms with Crippen molar-refractivity contribution in [2.75, 3.05) is 0 Å². The van der Waals surface area contributed by atoms with Crippen LogP contribution in [0, 0.1) is 0 Å². The van der Waals surface area contributed by atoms with Gasteiger partial charge >= 0.3 is 0 Å². The van der Waals surface area contributed by atoms with Gasteiger partial charge in [-0.1, -0.05) is 109 Å². The van der Waals surface area contributed by atoms with Crippen LogP contribution in [0.5, 0.6) is 0 Å². The number of hydrogen-bond acceptors (Lipinski definition) is 0. The molecule has 5 aromatic carbocycles. The number of hydrogen-bond donors (Lipinski definition) is 0. The van der Waals surface area contributed by atoms with E-state index in [4.69, 9.17) is 0 Å². The molecule has 9 rings (SSSR count). The molecule has 2 nitrogen and oxygen atoms in total.